The molecule has 11 heteroatoms. The molecule has 0 fully saturated rings. The molecule has 39 heavy (non-hydrogen) atoms. The molecule has 0 radical (unpaired) electrons. The molecule has 0 saturated carbocycles. The fourth-order valence-electron chi connectivity index (χ4n) is 3.76. The Bertz CT molecular complexity index is 1130. The number of nitrogens with two attached hydrogens (primary N) is 1. The highest BCUT2D eigenvalue weighted by Crippen LogP contribution is 2.27. The smallest absolute Gasteiger partial charge is 0.408 e. The van der Waals surface area contributed by atoms with Gasteiger partial charge in [0.05, 0.1) is 13.5 Å². The molecular formula is C28H38N4O7. The first kappa shape index (κ1) is 30.9. The number of nitrogens with one attached hydrogen (secondary N) is 2. The quantitative estimate of drug-likeness (QED) is 0.319. The minimum Gasteiger partial charge on any atom is -0.508 e. The molecule has 2 aromatic rings. The maximum atomic E-state index is 13.9. The van der Waals surface area contributed by atoms with Gasteiger partial charge in [0.1, 0.15) is 29.2 Å². The van der Waals surface area contributed by atoms with Crippen molar-refractivity contribution in [2.45, 2.75) is 64.6 Å². The highest BCUT2D eigenvalue weighted by atomic mass is 16.6. The Morgan fingerprint density at radius 3 is 2.15 bits per heavy atom. The van der Waals surface area contributed by atoms with E-state index in [0.717, 1.165) is 0 Å². The lowest BCUT2D eigenvalue weighted by molar-refractivity contribution is -0.142. The number of amides is 4. The number of unbranched alkanes of at least 4 members (excludes halogenated alkanes) is 1. The summed E-state index contributed by atoms with van der Waals surface area (Å²) in [6.45, 7) is 7.05. The standard InChI is InChI=1S/C28H38N4O7/c1-6-7-16-32(26(36)22(17-23(29)34)31-27(37)39-28(2,3)4)24(18-8-12-20(33)13-9-18)25(35)30-19-10-14-21(38-5)15-11-19/h8-15,22,24,33H,6-7,16-17H2,1-5H3,(H2,29,34)(H,30,35)(H,31,37). The van der Waals surface area contributed by atoms with Crippen molar-refractivity contribution in [2.75, 3.05) is 19.0 Å². The van der Waals surface area contributed by atoms with Gasteiger partial charge in [-0.25, -0.2) is 4.79 Å². The fourth-order valence-corrected chi connectivity index (χ4v) is 3.76. The molecule has 2 unspecified atom stereocenters. The number of phenols is 1. The summed E-state index contributed by atoms with van der Waals surface area (Å²) < 4.78 is 10.4. The van der Waals surface area contributed by atoms with Crippen LogP contribution < -0.4 is 21.1 Å². The Morgan fingerprint density at radius 2 is 1.64 bits per heavy atom. The number of carbonyl (C=O) groups is 4. The molecule has 0 aliphatic rings. The first-order valence-corrected chi connectivity index (χ1v) is 12.7. The van der Waals surface area contributed by atoms with Gasteiger partial charge < -0.3 is 35.8 Å². The van der Waals surface area contributed by atoms with E-state index in [1.165, 1.54) is 36.3 Å². The molecule has 0 bridgehead atoms. The van der Waals surface area contributed by atoms with Gasteiger partial charge in [-0.05, 0) is 69.2 Å². The van der Waals surface area contributed by atoms with Gasteiger partial charge in [-0.2, -0.15) is 0 Å². The molecule has 0 saturated heterocycles. The normalized spacial score (nSPS) is 12.5. The number of alkyl carbamates (subject to hydrolysis) is 1. The lowest BCUT2D eigenvalue weighted by Crippen LogP contribution is -2.53. The first-order valence-electron chi connectivity index (χ1n) is 12.7. The number of nitrogens with zero attached hydrogens (tertiary/aromatic N) is 1. The van der Waals surface area contributed by atoms with Crippen LogP contribution in [0.15, 0.2) is 48.5 Å². The van der Waals surface area contributed by atoms with E-state index < -0.39 is 47.9 Å². The topological polar surface area (TPSA) is 160 Å². The van der Waals surface area contributed by atoms with E-state index in [-0.39, 0.29) is 12.3 Å². The van der Waals surface area contributed by atoms with E-state index >= 15 is 0 Å². The monoisotopic (exact) mass is 542 g/mol. The third kappa shape index (κ3) is 9.84. The second kappa shape index (κ2) is 14.0. The van der Waals surface area contributed by atoms with Crippen LogP contribution in [0.1, 0.15) is 58.6 Å². The van der Waals surface area contributed by atoms with Crippen LogP contribution in [0.5, 0.6) is 11.5 Å². The molecule has 212 valence electrons. The molecule has 5 N–H and O–H groups in total. The lowest BCUT2D eigenvalue weighted by atomic mass is 10.0. The van der Waals surface area contributed by atoms with Crippen LogP contribution >= 0.6 is 0 Å². The number of aromatic hydroxyl groups is 1. The predicted octanol–water partition coefficient (Wildman–Crippen LogP) is 3.48. The van der Waals surface area contributed by atoms with Crippen LogP contribution in [0, 0.1) is 0 Å². The molecule has 2 rings (SSSR count). The van der Waals surface area contributed by atoms with Crippen molar-refractivity contribution >= 4 is 29.5 Å². The van der Waals surface area contributed by atoms with Crippen molar-refractivity contribution in [3.63, 3.8) is 0 Å². The number of rotatable bonds is 12. The number of methoxy groups -OCH3 is 1. The van der Waals surface area contributed by atoms with E-state index in [0.29, 0.717) is 29.8 Å². The highest BCUT2D eigenvalue weighted by Gasteiger charge is 2.36. The molecule has 0 aromatic heterocycles. The summed E-state index contributed by atoms with van der Waals surface area (Å²) in [4.78, 5) is 53.3. The number of ether oxygens (including phenoxy) is 2. The van der Waals surface area contributed by atoms with Crippen LogP contribution in [0.2, 0.25) is 0 Å². The number of hydrogen-bond donors (Lipinski definition) is 4. The van der Waals surface area contributed by atoms with Gasteiger partial charge in [0.25, 0.3) is 5.91 Å². The van der Waals surface area contributed by atoms with Gasteiger partial charge in [-0.1, -0.05) is 25.5 Å². The summed E-state index contributed by atoms with van der Waals surface area (Å²) in [5.74, 6) is -1.45. The zero-order valence-corrected chi connectivity index (χ0v) is 23.0. The van der Waals surface area contributed by atoms with Crippen molar-refractivity contribution in [3.8, 4) is 11.5 Å². The summed E-state index contributed by atoms with van der Waals surface area (Å²) in [5, 5.41) is 15.1. The number of hydrogen-bond acceptors (Lipinski definition) is 7. The summed E-state index contributed by atoms with van der Waals surface area (Å²) in [6, 6.07) is 10.0. The van der Waals surface area contributed by atoms with Crippen LogP contribution in [0.25, 0.3) is 0 Å². The van der Waals surface area contributed by atoms with E-state index in [2.05, 4.69) is 10.6 Å². The molecule has 4 amide bonds. The molecule has 0 aliphatic heterocycles. The number of benzene rings is 2. The van der Waals surface area contributed by atoms with Crippen LogP contribution in [0.4, 0.5) is 10.5 Å². The number of primary amides is 1. The van der Waals surface area contributed by atoms with Gasteiger partial charge in [0.15, 0.2) is 0 Å². The Labute approximate surface area is 228 Å². The predicted molar refractivity (Wildman–Crippen MR) is 146 cm³/mol. The van der Waals surface area contributed by atoms with Gasteiger partial charge in [-0.3, -0.25) is 14.4 Å². The Hall–Kier alpha value is -4.28. The molecule has 0 spiro atoms. The highest BCUT2D eigenvalue weighted by molar-refractivity contribution is 5.99. The average molecular weight is 543 g/mol. The van der Waals surface area contributed by atoms with Crippen molar-refractivity contribution in [1.29, 1.82) is 0 Å². The SMILES string of the molecule is CCCCN(C(=O)C(CC(N)=O)NC(=O)OC(C)(C)C)C(C(=O)Nc1ccc(OC)cc1)c1ccc(O)cc1. The van der Waals surface area contributed by atoms with E-state index in [1.807, 2.05) is 6.92 Å². The first-order chi connectivity index (χ1) is 18.3. The van der Waals surface area contributed by atoms with E-state index in [1.54, 1.807) is 45.0 Å². The minimum atomic E-state index is -1.37. The van der Waals surface area contributed by atoms with Crippen molar-refractivity contribution < 1.29 is 33.8 Å². The number of phenolic OH excluding ortho intramolecular Hbond substituents is 1. The molecule has 11 nitrogen and oxygen atoms in total. The third-order valence-electron chi connectivity index (χ3n) is 5.56. The summed E-state index contributed by atoms with van der Waals surface area (Å²) >= 11 is 0. The maximum absolute atomic E-state index is 13.9. The molecule has 0 heterocycles. The van der Waals surface area contributed by atoms with Gasteiger partial charge >= 0.3 is 6.09 Å². The zero-order chi connectivity index (χ0) is 29.2. The van der Waals surface area contributed by atoms with Crippen molar-refractivity contribution in [1.82, 2.24) is 10.2 Å². The summed E-state index contributed by atoms with van der Waals surface area (Å²) in [5.41, 5.74) is 5.44. The Kier molecular flexibility index (Phi) is 11.1. The minimum absolute atomic E-state index is 0.0160. The second-order valence-electron chi connectivity index (χ2n) is 9.97. The molecule has 2 atom stereocenters. The largest absolute Gasteiger partial charge is 0.508 e. The fraction of sp³-hybridized carbons (Fsp3) is 0.429. The van der Waals surface area contributed by atoms with Gasteiger partial charge in [-0.15, -0.1) is 0 Å². The number of carbonyl (C=O) groups excluding carboxylic acids is 4. The van der Waals surface area contributed by atoms with Crippen LogP contribution in [-0.4, -0.2) is 59.1 Å². The van der Waals surface area contributed by atoms with E-state index in [4.69, 9.17) is 15.2 Å². The lowest BCUT2D eigenvalue weighted by Gasteiger charge is -2.34. The number of anilines is 1. The molecule has 2 aromatic carbocycles. The van der Waals surface area contributed by atoms with Crippen molar-refractivity contribution in [2.24, 2.45) is 5.73 Å². The Morgan fingerprint density at radius 1 is 1.03 bits per heavy atom. The van der Waals surface area contributed by atoms with E-state index in [9.17, 15) is 24.3 Å². The average Bonchev–Trinajstić information content (AvgIpc) is 2.85. The van der Waals surface area contributed by atoms with Gasteiger partial charge in [0, 0.05) is 12.2 Å². The third-order valence-corrected chi connectivity index (χ3v) is 5.56. The maximum Gasteiger partial charge on any atom is 0.408 e. The summed E-state index contributed by atoms with van der Waals surface area (Å²) in [6.07, 6.45) is -0.164. The summed E-state index contributed by atoms with van der Waals surface area (Å²) in [7, 11) is 1.53. The Balaban J connectivity index is 2.50. The van der Waals surface area contributed by atoms with Crippen LogP contribution in [0.3, 0.4) is 0 Å². The van der Waals surface area contributed by atoms with Crippen LogP contribution in [-0.2, 0) is 19.1 Å². The zero-order valence-electron chi connectivity index (χ0n) is 23.0. The second-order valence-corrected chi connectivity index (χ2v) is 9.97. The van der Waals surface area contributed by atoms with Crippen molar-refractivity contribution in [3.05, 3.63) is 54.1 Å². The molecule has 0 aliphatic carbocycles. The van der Waals surface area contributed by atoms with Gasteiger partial charge in [0.2, 0.25) is 11.8 Å². The molecular weight excluding hydrogens is 504 g/mol.